The lowest BCUT2D eigenvalue weighted by Gasteiger charge is -2.05. The standard InChI is InChI=1S/C11H11NO2/c1-7-3-4-9(13)8-5-6-12(2)11(14)10(7)8/h3-6,13H,1-2H3. The van der Waals surface area contributed by atoms with Crippen LogP contribution in [0.2, 0.25) is 0 Å². The molecule has 1 N–H and O–H groups in total. The van der Waals surface area contributed by atoms with E-state index >= 15 is 0 Å². The Balaban J connectivity index is 3.09. The number of aromatic hydroxyl groups is 1. The van der Waals surface area contributed by atoms with Crippen molar-refractivity contribution >= 4 is 10.8 Å². The van der Waals surface area contributed by atoms with Gasteiger partial charge in [-0.3, -0.25) is 4.79 Å². The zero-order chi connectivity index (χ0) is 10.3. The van der Waals surface area contributed by atoms with E-state index in [4.69, 9.17) is 0 Å². The lowest BCUT2D eigenvalue weighted by molar-refractivity contribution is 0.481. The molecule has 0 fully saturated rings. The highest BCUT2D eigenvalue weighted by atomic mass is 16.3. The normalized spacial score (nSPS) is 10.7. The summed E-state index contributed by atoms with van der Waals surface area (Å²) in [6.07, 6.45) is 1.66. The highest BCUT2D eigenvalue weighted by Crippen LogP contribution is 2.23. The van der Waals surface area contributed by atoms with Gasteiger partial charge in [0.2, 0.25) is 0 Å². The Morgan fingerprint density at radius 3 is 2.71 bits per heavy atom. The molecule has 0 saturated carbocycles. The predicted molar refractivity (Wildman–Crippen MR) is 55.6 cm³/mol. The smallest absolute Gasteiger partial charge is 0.258 e. The molecule has 0 bridgehead atoms. The minimum Gasteiger partial charge on any atom is -0.507 e. The number of nitrogens with zero attached hydrogens (tertiary/aromatic N) is 1. The van der Waals surface area contributed by atoms with E-state index in [1.54, 1.807) is 31.4 Å². The summed E-state index contributed by atoms with van der Waals surface area (Å²) in [6.45, 7) is 1.86. The molecule has 2 rings (SSSR count). The number of rotatable bonds is 0. The van der Waals surface area contributed by atoms with Gasteiger partial charge in [0.15, 0.2) is 0 Å². The first-order chi connectivity index (χ1) is 6.61. The number of aryl methyl sites for hydroxylation is 2. The van der Waals surface area contributed by atoms with Crippen LogP contribution in [0.5, 0.6) is 5.75 Å². The topological polar surface area (TPSA) is 42.2 Å². The Kier molecular flexibility index (Phi) is 1.81. The maximum absolute atomic E-state index is 11.8. The fourth-order valence-corrected chi connectivity index (χ4v) is 1.60. The third-order valence-electron chi connectivity index (χ3n) is 2.43. The molecule has 3 nitrogen and oxygen atoms in total. The molecule has 0 unspecified atom stereocenters. The molecule has 2 aromatic rings. The third-order valence-corrected chi connectivity index (χ3v) is 2.43. The van der Waals surface area contributed by atoms with Gasteiger partial charge in [0.25, 0.3) is 5.56 Å². The molecule has 0 aliphatic rings. The van der Waals surface area contributed by atoms with Crippen LogP contribution in [-0.2, 0) is 7.05 Å². The Bertz CT molecular complexity index is 555. The second-order valence-electron chi connectivity index (χ2n) is 3.42. The minimum absolute atomic E-state index is 0.0732. The van der Waals surface area contributed by atoms with Crippen molar-refractivity contribution in [3.05, 3.63) is 40.3 Å². The van der Waals surface area contributed by atoms with Crippen molar-refractivity contribution < 1.29 is 5.11 Å². The average molecular weight is 189 g/mol. The van der Waals surface area contributed by atoms with Crippen LogP contribution in [0.1, 0.15) is 5.56 Å². The Hall–Kier alpha value is -1.77. The van der Waals surface area contributed by atoms with Crippen LogP contribution in [0.4, 0.5) is 0 Å². The van der Waals surface area contributed by atoms with Gasteiger partial charge < -0.3 is 9.67 Å². The number of phenols is 1. The molecular weight excluding hydrogens is 178 g/mol. The van der Waals surface area contributed by atoms with Crippen LogP contribution in [0.3, 0.4) is 0 Å². The van der Waals surface area contributed by atoms with Crippen LogP contribution in [0.15, 0.2) is 29.2 Å². The second kappa shape index (κ2) is 2.87. The number of hydrogen-bond donors (Lipinski definition) is 1. The fourth-order valence-electron chi connectivity index (χ4n) is 1.60. The van der Waals surface area contributed by atoms with Crippen molar-refractivity contribution in [1.82, 2.24) is 4.57 Å². The van der Waals surface area contributed by atoms with Crippen molar-refractivity contribution in [3.8, 4) is 5.75 Å². The molecule has 14 heavy (non-hydrogen) atoms. The molecule has 0 amide bonds. The lowest BCUT2D eigenvalue weighted by atomic mass is 10.1. The third kappa shape index (κ3) is 1.09. The summed E-state index contributed by atoms with van der Waals surface area (Å²) in [5, 5.41) is 10.8. The number of pyridine rings is 1. The van der Waals surface area contributed by atoms with E-state index in [-0.39, 0.29) is 11.3 Å². The van der Waals surface area contributed by atoms with Gasteiger partial charge in [0.1, 0.15) is 5.75 Å². The summed E-state index contributed by atoms with van der Waals surface area (Å²) in [6, 6.07) is 5.11. The van der Waals surface area contributed by atoms with Crippen LogP contribution in [-0.4, -0.2) is 9.67 Å². The Labute approximate surface area is 81.2 Å². The van der Waals surface area contributed by atoms with Gasteiger partial charge in [-0.2, -0.15) is 0 Å². The van der Waals surface area contributed by atoms with E-state index in [0.29, 0.717) is 10.8 Å². The number of aromatic nitrogens is 1. The van der Waals surface area contributed by atoms with E-state index < -0.39 is 0 Å². The minimum atomic E-state index is -0.0732. The fraction of sp³-hybridized carbons (Fsp3) is 0.182. The van der Waals surface area contributed by atoms with E-state index in [9.17, 15) is 9.90 Å². The van der Waals surface area contributed by atoms with Crippen LogP contribution in [0, 0.1) is 6.92 Å². The van der Waals surface area contributed by atoms with Crippen molar-refractivity contribution in [2.24, 2.45) is 7.05 Å². The first-order valence-corrected chi connectivity index (χ1v) is 4.39. The van der Waals surface area contributed by atoms with Crippen molar-refractivity contribution in [2.75, 3.05) is 0 Å². The quantitative estimate of drug-likeness (QED) is 0.683. The van der Waals surface area contributed by atoms with Crippen molar-refractivity contribution in [2.45, 2.75) is 6.92 Å². The summed E-state index contributed by atoms with van der Waals surface area (Å²) < 4.78 is 1.51. The van der Waals surface area contributed by atoms with Gasteiger partial charge >= 0.3 is 0 Å². The summed E-state index contributed by atoms with van der Waals surface area (Å²) >= 11 is 0. The molecule has 0 aliphatic heterocycles. The number of phenolic OH excluding ortho intramolecular Hbond substituents is 1. The highest BCUT2D eigenvalue weighted by molar-refractivity contribution is 5.89. The van der Waals surface area contributed by atoms with Crippen molar-refractivity contribution in [3.63, 3.8) is 0 Å². The summed E-state index contributed by atoms with van der Waals surface area (Å²) in [5.74, 6) is 0.156. The molecule has 3 heteroatoms. The zero-order valence-electron chi connectivity index (χ0n) is 8.11. The van der Waals surface area contributed by atoms with E-state index in [1.807, 2.05) is 6.92 Å². The molecule has 0 saturated heterocycles. The molecule has 1 aromatic heterocycles. The first-order valence-electron chi connectivity index (χ1n) is 4.39. The van der Waals surface area contributed by atoms with Crippen LogP contribution in [0.25, 0.3) is 10.8 Å². The average Bonchev–Trinajstić information content (AvgIpc) is 2.16. The number of benzene rings is 1. The van der Waals surface area contributed by atoms with E-state index in [0.717, 1.165) is 5.56 Å². The van der Waals surface area contributed by atoms with Gasteiger partial charge in [-0.15, -0.1) is 0 Å². The van der Waals surface area contributed by atoms with E-state index in [2.05, 4.69) is 0 Å². The summed E-state index contributed by atoms with van der Waals surface area (Å²) in [4.78, 5) is 11.8. The molecule has 72 valence electrons. The predicted octanol–water partition coefficient (Wildman–Crippen LogP) is 1.55. The van der Waals surface area contributed by atoms with Crippen molar-refractivity contribution in [1.29, 1.82) is 0 Å². The Morgan fingerprint density at radius 1 is 1.29 bits per heavy atom. The maximum Gasteiger partial charge on any atom is 0.258 e. The van der Waals surface area contributed by atoms with Gasteiger partial charge in [0.05, 0.1) is 5.39 Å². The molecule has 0 spiro atoms. The van der Waals surface area contributed by atoms with Gasteiger partial charge in [-0.05, 0) is 24.6 Å². The molecule has 0 radical (unpaired) electrons. The zero-order valence-corrected chi connectivity index (χ0v) is 8.11. The number of fused-ring (bicyclic) bond motifs is 1. The number of hydrogen-bond acceptors (Lipinski definition) is 2. The largest absolute Gasteiger partial charge is 0.507 e. The molecule has 0 aliphatic carbocycles. The first kappa shape index (κ1) is 8.81. The molecular formula is C11H11NO2. The van der Waals surface area contributed by atoms with Gasteiger partial charge in [-0.1, -0.05) is 6.07 Å². The summed E-state index contributed by atoms with van der Waals surface area (Å²) in [7, 11) is 1.70. The van der Waals surface area contributed by atoms with Crippen LogP contribution >= 0.6 is 0 Å². The van der Waals surface area contributed by atoms with Gasteiger partial charge in [0, 0.05) is 18.6 Å². The molecule has 1 heterocycles. The van der Waals surface area contributed by atoms with E-state index in [1.165, 1.54) is 4.57 Å². The molecule has 1 aromatic carbocycles. The van der Waals surface area contributed by atoms with Gasteiger partial charge in [-0.25, -0.2) is 0 Å². The SMILES string of the molecule is Cc1ccc(O)c2ccn(C)c(=O)c12. The second-order valence-corrected chi connectivity index (χ2v) is 3.42. The monoisotopic (exact) mass is 189 g/mol. The summed E-state index contributed by atoms with van der Waals surface area (Å²) in [5.41, 5.74) is 0.815. The maximum atomic E-state index is 11.8. The molecule has 0 atom stereocenters. The van der Waals surface area contributed by atoms with Crippen LogP contribution < -0.4 is 5.56 Å². The highest BCUT2D eigenvalue weighted by Gasteiger charge is 2.06. The Morgan fingerprint density at radius 2 is 2.00 bits per heavy atom. The lowest BCUT2D eigenvalue weighted by Crippen LogP contribution is -2.16.